The molecule has 0 bridgehead atoms. The lowest BCUT2D eigenvalue weighted by molar-refractivity contribution is -0.0790. The molecule has 0 aliphatic heterocycles. The second-order valence-corrected chi connectivity index (χ2v) is 6.22. The van der Waals surface area contributed by atoms with Crippen LogP contribution in [0.1, 0.15) is 47.7 Å². The van der Waals surface area contributed by atoms with Gasteiger partial charge in [0.1, 0.15) is 17.4 Å². The van der Waals surface area contributed by atoms with Gasteiger partial charge in [0.15, 0.2) is 0 Å². The molecule has 0 unspecified atom stereocenters. The van der Waals surface area contributed by atoms with Gasteiger partial charge in [0.25, 0.3) is 0 Å². The first-order valence-electron chi connectivity index (χ1n) is 8.75. The minimum atomic E-state index is -4.57. The second-order valence-electron chi connectivity index (χ2n) is 6.22. The fraction of sp³-hybridized carbons (Fsp3) is 0.286. The van der Waals surface area contributed by atoms with Crippen molar-refractivity contribution < 1.29 is 31.5 Å². The molecule has 2 aromatic carbocycles. The van der Waals surface area contributed by atoms with Gasteiger partial charge in [-0.15, -0.1) is 0 Å². The lowest BCUT2D eigenvalue weighted by Crippen LogP contribution is -2.11. The molecule has 0 spiro atoms. The van der Waals surface area contributed by atoms with Crippen molar-refractivity contribution >= 4 is 12.0 Å². The number of alkyl halides is 3. The molecule has 0 N–H and O–H groups in total. The molecule has 0 atom stereocenters. The van der Waals surface area contributed by atoms with Crippen molar-refractivity contribution in [2.45, 2.75) is 38.8 Å². The molecule has 0 fully saturated rings. The number of benzene rings is 2. The summed E-state index contributed by atoms with van der Waals surface area (Å²) < 4.78 is 69.4. The van der Waals surface area contributed by atoms with Crippen LogP contribution < -0.4 is 4.74 Å². The summed E-state index contributed by atoms with van der Waals surface area (Å²) in [6.45, 7) is 2.06. The smallest absolute Gasteiger partial charge is 0.409 e. The van der Waals surface area contributed by atoms with Gasteiger partial charge < -0.3 is 4.74 Å². The zero-order valence-corrected chi connectivity index (χ0v) is 15.2. The zero-order valence-electron chi connectivity index (χ0n) is 15.2. The summed E-state index contributed by atoms with van der Waals surface area (Å²) >= 11 is 0. The molecular formula is C21H19F5O2. The fourth-order valence-electron chi connectivity index (χ4n) is 2.51. The molecule has 0 aromatic heterocycles. The Bertz CT molecular complexity index is 856. The molecule has 0 aliphatic rings. The summed E-state index contributed by atoms with van der Waals surface area (Å²) in [6, 6.07) is 7.13. The minimum Gasteiger partial charge on any atom is -0.423 e. The largest absolute Gasteiger partial charge is 0.423 e. The maximum atomic E-state index is 14.2. The lowest BCUT2D eigenvalue weighted by Gasteiger charge is -2.08. The van der Waals surface area contributed by atoms with E-state index in [1.807, 2.05) is 0 Å². The van der Waals surface area contributed by atoms with E-state index in [0.29, 0.717) is 12.5 Å². The predicted molar refractivity (Wildman–Crippen MR) is 96.1 cm³/mol. The van der Waals surface area contributed by atoms with Crippen LogP contribution in [0.4, 0.5) is 22.0 Å². The van der Waals surface area contributed by atoms with Crippen molar-refractivity contribution in [1.29, 1.82) is 0 Å². The average Bonchev–Trinajstić information content (AvgIpc) is 2.60. The Labute approximate surface area is 159 Å². The van der Waals surface area contributed by atoms with E-state index in [-0.39, 0.29) is 23.0 Å². The van der Waals surface area contributed by atoms with Crippen molar-refractivity contribution in [1.82, 2.24) is 0 Å². The molecule has 28 heavy (non-hydrogen) atoms. The molecule has 0 amide bonds. The van der Waals surface area contributed by atoms with E-state index in [4.69, 9.17) is 4.74 Å². The fourth-order valence-corrected chi connectivity index (χ4v) is 2.51. The predicted octanol–water partition coefficient (Wildman–Crippen LogP) is 6.49. The Morgan fingerprint density at radius 3 is 2.39 bits per heavy atom. The SMILES string of the molecule is CCCCCc1ccc(C(=O)Oc2ccc(/C=C/C(F)(F)F)c(F)c2)c(F)c1. The van der Waals surface area contributed by atoms with Crippen LogP contribution in [0.15, 0.2) is 42.5 Å². The number of hydrogen-bond acceptors (Lipinski definition) is 2. The Morgan fingerprint density at radius 1 is 1.04 bits per heavy atom. The summed E-state index contributed by atoms with van der Waals surface area (Å²) in [7, 11) is 0. The lowest BCUT2D eigenvalue weighted by atomic mass is 10.0. The molecule has 0 heterocycles. The number of halogens is 5. The highest BCUT2D eigenvalue weighted by Gasteiger charge is 2.22. The monoisotopic (exact) mass is 398 g/mol. The maximum absolute atomic E-state index is 14.2. The van der Waals surface area contributed by atoms with Gasteiger partial charge in [-0.1, -0.05) is 25.8 Å². The summed E-state index contributed by atoms with van der Waals surface area (Å²) in [5.74, 6) is -3.00. The van der Waals surface area contributed by atoms with Gasteiger partial charge in [-0.25, -0.2) is 13.6 Å². The third kappa shape index (κ3) is 6.48. The first-order chi connectivity index (χ1) is 13.2. The van der Waals surface area contributed by atoms with Crippen molar-refractivity contribution in [2.75, 3.05) is 0 Å². The molecule has 0 radical (unpaired) electrons. The number of unbranched alkanes of at least 4 members (excludes halogenated alkanes) is 2. The number of hydrogen-bond donors (Lipinski definition) is 0. The van der Waals surface area contributed by atoms with Gasteiger partial charge in [0.05, 0.1) is 5.56 Å². The van der Waals surface area contributed by atoms with Crippen LogP contribution in [0.25, 0.3) is 6.08 Å². The van der Waals surface area contributed by atoms with E-state index in [0.717, 1.165) is 43.0 Å². The number of esters is 1. The first-order valence-corrected chi connectivity index (χ1v) is 8.75. The number of carbonyl (C=O) groups excluding carboxylic acids is 1. The van der Waals surface area contributed by atoms with E-state index in [9.17, 15) is 26.7 Å². The highest BCUT2D eigenvalue weighted by molar-refractivity contribution is 5.91. The van der Waals surface area contributed by atoms with Crippen molar-refractivity contribution in [3.8, 4) is 5.75 Å². The number of allylic oxidation sites excluding steroid dienone is 1. The minimum absolute atomic E-state index is 0.103. The Balaban J connectivity index is 2.08. The van der Waals surface area contributed by atoms with Crippen LogP contribution in [0.5, 0.6) is 5.75 Å². The van der Waals surface area contributed by atoms with Gasteiger partial charge >= 0.3 is 12.1 Å². The normalized spacial score (nSPS) is 11.8. The Hall–Kier alpha value is -2.70. The van der Waals surface area contributed by atoms with E-state index in [1.165, 1.54) is 12.1 Å². The number of rotatable bonds is 7. The van der Waals surface area contributed by atoms with Crippen LogP contribution in [-0.4, -0.2) is 12.1 Å². The van der Waals surface area contributed by atoms with Crippen molar-refractivity contribution in [3.05, 3.63) is 70.8 Å². The molecule has 2 aromatic rings. The van der Waals surface area contributed by atoms with E-state index in [1.54, 1.807) is 6.07 Å². The van der Waals surface area contributed by atoms with Crippen molar-refractivity contribution in [2.24, 2.45) is 0 Å². The molecule has 7 heteroatoms. The topological polar surface area (TPSA) is 26.3 Å². The summed E-state index contributed by atoms with van der Waals surface area (Å²) in [6.07, 6.45) is -0.448. The van der Waals surface area contributed by atoms with Gasteiger partial charge in [0, 0.05) is 17.7 Å². The number of aryl methyl sites for hydroxylation is 1. The van der Waals surface area contributed by atoms with Crippen LogP contribution in [0, 0.1) is 11.6 Å². The second kappa shape index (κ2) is 9.48. The molecule has 0 aliphatic carbocycles. The Morgan fingerprint density at radius 2 is 1.79 bits per heavy atom. The van der Waals surface area contributed by atoms with E-state index < -0.39 is 23.8 Å². The molecular weight excluding hydrogens is 379 g/mol. The summed E-state index contributed by atoms with van der Waals surface area (Å²) in [5, 5.41) is 0. The molecule has 150 valence electrons. The van der Waals surface area contributed by atoms with E-state index in [2.05, 4.69) is 6.92 Å². The maximum Gasteiger partial charge on any atom is 0.409 e. The Kier molecular flexibility index (Phi) is 7.31. The molecule has 0 saturated heterocycles. The third-order valence-electron chi connectivity index (χ3n) is 3.96. The zero-order chi connectivity index (χ0) is 20.7. The van der Waals surface area contributed by atoms with Crippen LogP contribution >= 0.6 is 0 Å². The van der Waals surface area contributed by atoms with E-state index >= 15 is 0 Å². The van der Waals surface area contributed by atoms with Crippen LogP contribution in [0.2, 0.25) is 0 Å². The van der Waals surface area contributed by atoms with Gasteiger partial charge in [-0.3, -0.25) is 0 Å². The highest BCUT2D eigenvalue weighted by atomic mass is 19.4. The molecule has 0 saturated carbocycles. The standard InChI is InChI=1S/C21H19F5O2/c1-2-3-4-5-14-6-9-17(19(23)12-14)20(27)28-16-8-7-15(18(22)13-16)10-11-21(24,25)26/h6-13H,2-5H2,1H3/b11-10+. The first kappa shape index (κ1) is 21.6. The third-order valence-corrected chi connectivity index (χ3v) is 3.96. The van der Waals surface area contributed by atoms with Gasteiger partial charge in [-0.2, -0.15) is 13.2 Å². The molecule has 2 nitrogen and oxygen atoms in total. The van der Waals surface area contributed by atoms with Gasteiger partial charge in [0.2, 0.25) is 0 Å². The average molecular weight is 398 g/mol. The van der Waals surface area contributed by atoms with Gasteiger partial charge in [-0.05, 0) is 48.7 Å². The quantitative estimate of drug-likeness (QED) is 0.231. The summed E-state index contributed by atoms with van der Waals surface area (Å²) in [5.41, 5.74) is 0.134. The van der Waals surface area contributed by atoms with Crippen LogP contribution in [-0.2, 0) is 6.42 Å². The molecule has 2 rings (SSSR count). The van der Waals surface area contributed by atoms with Crippen LogP contribution in [0.3, 0.4) is 0 Å². The van der Waals surface area contributed by atoms with Crippen molar-refractivity contribution in [3.63, 3.8) is 0 Å². The number of ether oxygens (including phenoxy) is 1. The highest BCUT2D eigenvalue weighted by Crippen LogP contribution is 2.23. The number of carbonyl (C=O) groups is 1. The summed E-state index contributed by atoms with van der Waals surface area (Å²) in [4.78, 5) is 12.1.